The van der Waals surface area contributed by atoms with Gasteiger partial charge >= 0.3 is 0 Å². The Morgan fingerprint density at radius 3 is 2.22 bits per heavy atom. The third kappa shape index (κ3) is 2.68. The SMILES string of the molecule is CC(C)c1ccc(C(O)C(=O)c2cccs2)cc1. The van der Waals surface area contributed by atoms with E-state index >= 15 is 0 Å². The maximum absolute atomic E-state index is 12.0. The van der Waals surface area contributed by atoms with Gasteiger partial charge in [-0.25, -0.2) is 0 Å². The molecule has 0 bridgehead atoms. The van der Waals surface area contributed by atoms with Crippen LogP contribution in [0.2, 0.25) is 0 Å². The van der Waals surface area contributed by atoms with Gasteiger partial charge in [-0.2, -0.15) is 0 Å². The van der Waals surface area contributed by atoms with E-state index < -0.39 is 6.10 Å². The third-order valence-electron chi connectivity index (χ3n) is 2.93. The number of carbonyl (C=O) groups is 1. The largest absolute Gasteiger partial charge is 0.380 e. The van der Waals surface area contributed by atoms with Crippen LogP contribution in [0.5, 0.6) is 0 Å². The minimum absolute atomic E-state index is 0.234. The van der Waals surface area contributed by atoms with Gasteiger partial charge in [0.05, 0.1) is 4.88 Å². The summed E-state index contributed by atoms with van der Waals surface area (Å²) in [5.74, 6) is 0.214. The fourth-order valence-corrected chi connectivity index (χ4v) is 2.46. The first-order valence-corrected chi connectivity index (χ1v) is 6.83. The fourth-order valence-electron chi connectivity index (χ4n) is 1.77. The van der Waals surface area contributed by atoms with Crippen molar-refractivity contribution in [2.45, 2.75) is 25.9 Å². The number of benzene rings is 1. The average Bonchev–Trinajstić information content (AvgIpc) is 2.91. The van der Waals surface area contributed by atoms with E-state index in [1.807, 2.05) is 35.7 Å². The molecule has 1 N–H and O–H groups in total. The Bertz CT molecular complexity index is 512. The van der Waals surface area contributed by atoms with Gasteiger partial charge in [0.1, 0.15) is 6.10 Å². The summed E-state index contributed by atoms with van der Waals surface area (Å²) in [4.78, 5) is 12.6. The second kappa shape index (κ2) is 5.46. The van der Waals surface area contributed by atoms with Crippen molar-refractivity contribution in [3.63, 3.8) is 0 Å². The summed E-state index contributed by atoms with van der Waals surface area (Å²) in [6.45, 7) is 4.23. The lowest BCUT2D eigenvalue weighted by Crippen LogP contribution is -2.10. The van der Waals surface area contributed by atoms with Crippen LogP contribution in [0, 0.1) is 0 Å². The molecule has 2 aromatic rings. The van der Waals surface area contributed by atoms with Gasteiger partial charge in [0.15, 0.2) is 0 Å². The number of hydrogen-bond acceptors (Lipinski definition) is 3. The van der Waals surface area contributed by atoms with Crippen LogP contribution in [-0.2, 0) is 0 Å². The molecule has 0 aliphatic carbocycles. The molecule has 94 valence electrons. The van der Waals surface area contributed by atoms with Crippen LogP contribution in [0.1, 0.15) is 46.7 Å². The lowest BCUT2D eigenvalue weighted by atomic mass is 9.98. The van der Waals surface area contributed by atoms with Gasteiger partial charge in [-0.3, -0.25) is 4.79 Å². The van der Waals surface area contributed by atoms with Crippen LogP contribution in [0.15, 0.2) is 41.8 Å². The predicted molar refractivity (Wildman–Crippen MR) is 74.1 cm³/mol. The zero-order valence-corrected chi connectivity index (χ0v) is 11.3. The Labute approximate surface area is 111 Å². The van der Waals surface area contributed by atoms with Crippen molar-refractivity contribution in [2.24, 2.45) is 0 Å². The summed E-state index contributed by atoms with van der Waals surface area (Å²) in [6.07, 6.45) is -1.06. The van der Waals surface area contributed by atoms with Crippen LogP contribution in [-0.4, -0.2) is 10.9 Å². The fraction of sp³-hybridized carbons (Fsp3) is 0.267. The zero-order valence-electron chi connectivity index (χ0n) is 10.5. The van der Waals surface area contributed by atoms with Gasteiger partial charge in [0.2, 0.25) is 5.78 Å². The topological polar surface area (TPSA) is 37.3 Å². The molecule has 1 atom stereocenters. The van der Waals surface area contributed by atoms with Gasteiger partial charge in [-0.05, 0) is 28.5 Å². The molecule has 2 nitrogen and oxygen atoms in total. The van der Waals surface area contributed by atoms with E-state index in [1.165, 1.54) is 16.9 Å². The van der Waals surface area contributed by atoms with Gasteiger partial charge < -0.3 is 5.11 Å². The molecule has 0 aliphatic rings. The van der Waals surface area contributed by atoms with E-state index in [0.29, 0.717) is 16.4 Å². The minimum Gasteiger partial charge on any atom is -0.380 e. The maximum atomic E-state index is 12.0. The summed E-state index contributed by atoms with van der Waals surface area (Å²) in [5, 5.41) is 11.9. The molecule has 18 heavy (non-hydrogen) atoms. The van der Waals surface area contributed by atoms with Crippen LogP contribution in [0.4, 0.5) is 0 Å². The molecule has 1 unspecified atom stereocenters. The number of Topliss-reactive ketones (excluding diaryl/α,β-unsaturated/α-hetero) is 1. The molecule has 3 heteroatoms. The molecule has 0 amide bonds. The lowest BCUT2D eigenvalue weighted by Gasteiger charge is -2.11. The van der Waals surface area contributed by atoms with Gasteiger partial charge in [0, 0.05) is 0 Å². The molecular weight excluding hydrogens is 244 g/mol. The molecular formula is C15H16O2S. The van der Waals surface area contributed by atoms with Crippen LogP contribution < -0.4 is 0 Å². The van der Waals surface area contributed by atoms with E-state index in [9.17, 15) is 9.90 Å². The number of aliphatic hydroxyl groups is 1. The second-order valence-corrected chi connectivity index (χ2v) is 5.51. The monoisotopic (exact) mass is 260 g/mol. The summed E-state index contributed by atoms with van der Waals surface area (Å²) in [5.41, 5.74) is 1.85. The number of thiophene rings is 1. The Balaban J connectivity index is 2.18. The first kappa shape index (κ1) is 13.0. The van der Waals surface area contributed by atoms with E-state index in [4.69, 9.17) is 0 Å². The van der Waals surface area contributed by atoms with Crippen molar-refractivity contribution < 1.29 is 9.90 Å². The van der Waals surface area contributed by atoms with E-state index in [0.717, 1.165) is 0 Å². The summed E-state index contributed by atoms with van der Waals surface area (Å²) >= 11 is 1.35. The molecule has 0 saturated carbocycles. The molecule has 1 heterocycles. The molecule has 0 fully saturated rings. The number of carbonyl (C=O) groups excluding carboxylic acids is 1. The second-order valence-electron chi connectivity index (χ2n) is 4.57. The van der Waals surface area contributed by atoms with Crippen LogP contribution in [0.25, 0.3) is 0 Å². The highest BCUT2D eigenvalue weighted by molar-refractivity contribution is 7.12. The Hall–Kier alpha value is -1.45. The quantitative estimate of drug-likeness (QED) is 0.849. The predicted octanol–water partition coefficient (Wildman–Crippen LogP) is 3.79. The Morgan fingerprint density at radius 2 is 1.72 bits per heavy atom. The van der Waals surface area contributed by atoms with Crippen molar-refractivity contribution in [3.8, 4) is 0 Å². The number of hydrogen-bond donors (Lipinski definition) is 1. The normalized spacial score (nSPS) is 12.7. The van der Waals surface area contributed by atoms with E-state index in [2.05, 4.69) is 13.8 Å². The molecule has 1 aromatic carbocycles. The summed E-state index contributed by atoms with van der Waals surface area (Å²) in [6, 6.07) is 11.1. The Morgan fingerprint density at radius 1 is 1.11 bits per heavy atom. The van der Waals surface area contributed by atoms with Crippen molar-refractivity contribution in [1.29, 1.82) is 0 Å². The highest BCUT2D eigenvalue weighted by atomic mass is 32.1. The molecule has 2 rings (SSSR count). The molecule has 0 aliphatic heterocycles. The first-order valence-electron chi connectivity index (χ1n) is 5.95. The molecule has 1 aromatic heterocycles. The van der Waals surface area contributed by atoms with Crippen molar-refractivity contribution >= 4 is 17.1 Å². The number of ketones is 1. The van der Waals surface area contributed by atoms with Gasteiger partial charge in [0.25, 0.3) is 0 Å². The zero-order chi connectivity index (χ0) is 13.1. The maximum Gasteiger partial charge on any atom is 0.205 e. The van der Waals surface area contributed by atoms with Gasteiger partial charge in [-0.1, -0.05) is 44.2 Å². The summed E-state index contributed by atoms with van der Waals surface area (Å²) < 4.78 is 0. The summed E-state index contributed by atoms with van der Waals surface area (Å²) in [7, 11) is 0. The van der Waals surface area contributed by atoms with Crippen molar-refractivity contribution in [2.75, 3.05) is 0 Å². The third-order valence-corrected chi connectivity index (χ3v) is 3.82. The highest BCUT2D eigenvalue weighted by Crippen LogP contribution is 2.23. The van der Waals surface area contributed by atoms with E-state index in [1.54, 1.807) is 6.07 Å². The van der Waals surface area contributed by atoms with Crippen LogP contribution >= 0.6 is 11.3 Å². The standard InChI is InChI=1S/C15H16O2S/c1-10(2)11-5-7-12(8-6-11)14(16)15(17)13-4-3-9-18-13/h3-10,14,16H,1-2H3. The molecule has 0 spiro atoms. The minimum atomic E-state index is -1.06. The lowest BCUT2D eigenvalue weighted by molar-refractivity contribution is 0.0752. The van der Waals surface area contributed by atoms with Crippen molar-refractivity contribution in [1.82, 2.24) is 0 Å². The Kier molecular flexibility index (Phi) is 3.94. The highest BCUT2D eigenvalue weighted by Gasteiger charge is 2.19. The number of aliphatic hydroxyl groups excluding tert-OH is 1. The first-order chi connectivity index (χ1) is 8.59. The van der Waals surface area contributed by atoms with Crippen LogP contribution in [0.3, 0.4) is 0 Å². The molecule has 0 saturated heterocycles. The van der Waals surface area contributed by atoms with Crippen molar-refractivity contribution in [3.05, 3.63) is 57.8 Å². The smallest absolute Gasteiger partial charge is 0.205 e. The average molecular weight is 260 g/mol. The molecule has 0 radical (unpaired) electrons. The van der Waals surface area contributed by atoms with E-state index in [-0.39, 0.29) is 5.78 Å². The number of rotatable bonds is 4. The van der Waals surface area contributed by atoms with Gasteiger partial charge in [-0.15, -0.1) is 11.3 Å².